The number of benzene rings is 1. The predicted octanol–water partition coefficient (Wildman–Crippen LogP) is 4.71. The molecule has 2 unspecified atom stereocenters. The van der Waals surface area contributed by atoms with Gasteiger partial charge in [-0.2, -0.15) is 0 Å². The molecule has 1 aromatic heterocycles. The molecule has 7 heteroatoms. The Labute approximate surface area is 170 Å². The molecule has 2 aromatic rings. The van der Waals surface area contributed by atoms with Crippen molar-refractivity contribution in [3.8, 4) is 0 Å². The van der Waals surface area contributed by atoms with Gasteiger partial charge < -0.3 is 11.1 Å². The molecular formula is C19H18BrCl2N3O. The molecule has 1 heterocycles. The second-order valence-electron chi connectivity index (χ2n) is 6.31. The molecule has 0 saturated carbocycles. The monoisotopic (exact) mass is 453 g/mol. The summed E-state index contributed by atoms with van der Waals surface area (Å²) >= 11 is 15.6. The van der Waals surface area contributed by atoms with Gasteiger partial charge in [0.05, 0.1) is 5.56 Å². The lowest BCUT2D eigenvalue weighted by molar-refractivity contribution is 0.0956. The van der Waals surface area contributed by atoms with Crippen molar-refractivity contribution < 1.29 is 4.79 Å². The number of allylic oxidation sites excluding steroid dienone is 1. The molecule has 1 aromatic carbocycles. The summed E-state index contributed by atoms with van der Waals surface area (Å²) in [6.45, 7) is 0.472. The van der Waals surface area contributed by atoms with Crippen molar-refractivity contribution in [2.45, 2.75) is 24.8 Å². The van der Waals surface area contributed by atoms with Crippen molar-refractivity contribution in [1.82, 2.24) is 10.3 Å². The zero-order valence-corrected chi connectivity index (χ0v) is 17.0. The molecule has 136 valence electrons. The van der Waals surface area contributed by atoms with Crippen molar-refractivity contribution >= 4 is 45.0 Å². The third kappa shape index (κ3) is 4.65. The average Bonchev–Trinajstić information content (AvgIpc) is 2.60. The quantitative estimate of drug-likeness (QED) is 0.657. The molecule has 26 heavy (non-hydrogen) atoms. The van der Waals surface area contributed by atoms with Crippen molar-refractivity contribution in [2.24, 2.45) is 5.73 Å². The fourth-order valence-corrected chi connectivity index (χ4v) is 4.05. The Morgan fingerprint density at radius 2 is 2.12 bits per heavy atom. The number of aromatic nitrogens is 1. The Kier molecular flexibility index (Phi) is 6.35. The highest BCUT2D eigenvalue weighted by Crippen LogP contribution is 2.36. The number of nitrogens with one attached hydrogen (secondary N) is 1. The van der Waals surface area contributed by atoms with Crippen molar-refractivity contribution in [1.29, 1.82) is 0 Å². The van der Waals surface area contributed by atoms with E-state index in [9.17, 15) is 4.79 Å². The van der Waals surface area contributed by atoms with Crippen LogP contribution in [0.5, 0.6) is 0 Å². The van der Waals surface area contributed by atoms with Crippen LogP contribution < -0.4 is 11.1 Å². The van der Waals surface area contributed by atoms with E-state index in [1.54, 1.807) is 24.5 Å². The molecule has 1 aliphatic carbocycles. The number of nitrogens with zero attached hydrogens (tertiary/aromatic N) is 1. The summed E-state index contributed by atoms with van der Waals surface area (Å²) in [6.07, 6.45) is 6.81. The average molecular weight is 455 g/mol. The summed E-state index contributed by atoms with van der Waals surface area (Å²) in [5.41, 5.74) is 9.04. The number of hydrogen-bond donors (Lipinski definition) is 2. The Bertz CT molecular complexity index is 856. The standard InChI is InChI=1S/C19H18BrCl2N3O/c20-13-6-12(9-24-10-13)19(26)25-8-11-1-3-16(18(23)5-11)15-4-2-14(21)7-17(15)22/h1-2,4,6-7,9-10,16,18H,3,5,8,23H2,(H,25,26). The SMILES string of the molecule is NC1CC(CNC(=O)c2cncc(Br)c2)=CCC1c1ccc(Cl)cc1Cl. The highest BCUT2D eigenvalue weighted by Gasteiger charge is 2.26. The summed E-state index contributed by atoms with van der Waals surface area (Å²) in [5.74, 6) is -0.00959. The van der Waals surface area contributed by atoms with Gasteiger partial charge in [-0.05, 0) is 52.5 Å². The van der Waals surface area contributed by atoms with Gasteiger partial charge in [-0.1, -0.05) is 40.9 Å². The molecular weight excluding hydrogens is 437 g/mol. The van der Waals surface area contributed by atoms with Crippen LogP contribution in [0.2, 0.25) is 10.0 Å². The van der Waals surface area contributed by atoms with E-state index in [4.69, 9.17) is 28.9 Å². The van der Waals surface area contributed by atoms with Crippen LogP contribution in [0.15, 0.2) is 52.8 Å². The molecule has 3 N–H and O–H groups in total. The number of amides is 1. The molecule has 3 rings (SSSR count). The maximum Gasteiger partial charge on any atom is 0.253 e. The van der Waals surface area contributed by atoms with Crippen molar-refractivity contribution in [3.05, 3.63) is 74.0 Å². The van der Waals surface area contributed by atoms with E-state index >= 15 is 0 Å². The third-order valence-electron chi connectivity index (χ3n) is 4.48. The lowest BCUT2D eigenvalue weighted by Gasteiger charge is -2.29. The van der Waals surface area contributed by atoms with Crippen LogP contribution in [0.3, 0.4) is 0 Å². The van der Waals surface area contributed by atoms with Crippen LogP contribution >= 0.6 is 39.1 Å². The van der Waals surface area contributed by atoms with E-state index in [-0.39, 0.29) is 17.9 Å². The van der Waals surface area contributed by atoms with Gasteiger partial charge in [0.15, 0.2) is 0 Å². The minimum absolute atomic E-state index is 0.0573. The highest BCUT2D eigenvalue weighted by molar-refractivity contribution is 9.10. The van der Waals surface area contributed by atoms with Gasteiger partial charge >= 0.3 is 0 Å². The molecule has 0 bridgehead atoms. The molecule has 0 saturated heterocycles. The highest BCUT2D eigenvalue weighted by atomic mass is 79.9. The Balaban J connectivity index is 1.63. The topological polar surface area (TPSA) is 68.0 Å². The van der Waals surface area contributed by atoms with E-state index in [1.807, 2.05) is 12.1 Å². The lowest BCUT2D eigenvalue weighted by Crippen LogP contribution is -2.34. The fraction of sp³-hybridized carbons (Fsp3) is 0.263. The predicted molar refractivity (Wildman–Crippen MR) is 109 cm³/mol. The molecule has 0 radical (unpaired) electrons. The first kappa shape index (κ1) is 19.4. The van der Waals surface area contributed by atoms with E-state index in [0.29, 0.717) is 28.6 Å². The summed E-state index contributed by atoms with van der Waals surface area (Å²) < 4.78 is 0.770. The Morgan fingerprint density at radius 3 is 2.81 bits per heavy atom. The van der Waals surface area contributed by atoms with E-state index in [2.05, 4.69) is 32.3 Å². The van der Waals surface area contributed by atoms with Gasteiger partial charge in [-0.25, -0.2) is 0 Å². The van der Waals surface area contributed by atoms with Gasteiger partial charge in [0.1, 0.15) is 0 Å². The number of rotatable bonds is 4. The summed E-state index contributed by atoms with van der Waals surface area (Å²) in [5, 5.41) is 4.18. The van der Waals surface area contributed by atoms with Crippen LogP contribution in [0.4, 0.5) is 0 Å². The van der Waals surface area contributed by atoms with Crippen LogP contribution in [0.1, 0.15) is 34.7 Å². The molecule has 1 amide bonds. The van der Waals surface area contributed by atoms with Crippen LogP contribution in [-0.4, -0.2) is 23.5 Å². The Hall–Kier alpha value is -1.40. The summed E-state index contributed by atoms with van der Waals surface area (Å²) in [4.78, 5) is 16.2. The first-order chi connectivity index (χ1) is 12.4. The van der Waals surface area contributed by atoms with Crippen molar-refractivity contribution in [3.63, 3.8) is 0 Å². The molecule has 0 spiro atoms. The van der Waals surface area contributed by atoms with Crippen LogP contribution in [-0.2, 0) is 0 Å². The van der Waals surface area contributed by atoms with E-state index in [0.717, 1.165) is 22.0 Å². The molecule has 0 fully saturated rings. The van der Waals surface area contributed by atoms with E-state index in [1.165, 1.54) is 0 Å². The minimum Gasteiger partial charge on any atom is -0.348 e. The van der Waals surface area contributed by atoms with Gasteiger partial charge in [0.25, 0.3) is 5.91 Å². The number of hydrogen-bond acceptors (Lipinski definition) is 3. The minimum atomic E-state index is -0.156. The first-order valence-corrected chi connectivity index (χ1v) is 9.76. The Morgan fingerprint density at radius 1 is 1.31 bits per heavy atom. The number of halogens is 3. The number of pyridine rings is 1. The van der Waals surface area contributed by atoms with Crippen LogP contribution in [0, 0.1) is 0 Å². The van der Waals surface area contributed by atoms with Crippen molar-refractivity contribution in [2.75, 3.05) is 6.54 Å². The summed E-state index contributed by atoms with van der Waals surface area (Å²) in [6, 6.07) is 7.20. The zero-order valence-electron chi connectivity index (χ0n) is 13.9. The fourth-order valence-electron chi connectivity index (χ4n) is 3.13. The molecule has 0 aliphatic heterocycles. The second kappa shape index (κ2) is 8.53. The van der Waals surface area contributed by atoms with Gasteiger partial charge in [-0.3, -0.25) is 9.78 Å². The third-order valence-corrected chi connectivity index (χ3v) is 5.48. The molecule has 4 nitrogen and oxygen atoms in total. The molecule has 1 aliphatic rings. The van der Waals surface area contributed by atoms with Gasteiger partial charge in [0.2, 0.25) is 0 Å². The van der Waals surface area contributed by atoms with E-state index < -0.39 is 0 Å². The lowest BCUT2D eigenvalue weighted by atomic mass is 9.81. The second-order valence-corrected chi connectivity index (χ2v) is 8.07. The number of carbonyl (C=O) groups is 1. The largest absolute Gasteiger partial charge is 0.348 e. The maximum atomic E-state index is 12.2. The normalized spacial score (nSPS) is 19.8. The number of carbonyl (C=O) groups excluding carboxylic acids is 1. The zero-order chi connectivity index (χ0) is 18.7. The van der Waals surface area contributed by atoms with Gasteiger partial charge in [0, 0.05) is 45.4 Å². The molecule has 2 atom stereocenters. The van der Waals surface area contributed by atoms with Crippen LogP contribution in [0.25, 0.3) is 0 Å². The smallest absolute Gasteiger partial charge is 0.253 e. The first-order valence-electron chi connectivity index (χ1n) is 8.21. The maximum absolute atomic E-state index is 12.2. The van der Waals surface area contributed by atoms with Gasteiger partial charge in [-0.15, -0.1) is 0 Å². The summed E-state index contributed by atoms with van der Waals surface area (Å²) in [7, 11) is 0. The number of nitrogens with two attached hydrogens (primary N) is 1.